The van der Waals surface area contributed by atoms with Crippen molar-refractivity contribution in [1.29, 1.82) is 0 Å². The van der Waals surface area contributed by atoms with E-state index in [4.69, 9.17) is 16.3 Å². The molecule has 0 saturated heterocycles. The molecule has 5 nitrogen and oxygen atoms in total. The second-order valence-corrected chi connectivity index (χ2v) is 7.74. The number of ether oxygens (including phenoxy) is 1. The Morgan fingerprint density at radius 2 is 1.96 bits per heavy atom. The van der Waals surface area contributed by atoms with Crippen LogP contribution in [0.2, 0.25) is 5.02 Å². The molecule has 0 bridgehead atoms. The SMILES string of the molecule is Cc1nn(-c2ccccc2)c(C)c1NC(=O)CSCCOc1cccc(Cl)c1. The van der Waals surface area contributed by atoms with Gasteiger partial charge >= 0.3 is 0 Å². The van der Waals surface area contributed by atoms with E-state index in [0.29, 0.717) is 23.1 Å². The minimum absolute atomic E-state index is 0.0495. The second kappa shape index (κ2) is 9.66. The molecule has 0 spiro atoms. The minimum atomic E-state index is -0.0495. The van der Waals surface area contributed by atoms with Crippen molar-refractivity contribution in [3.63, 3.8) is 0 Å². The van der Waals surface area contributed by atoms with E-state index in [1.807, 2.05) is 61.0 Å². The summed E-state index contributed by atoms with van der Waals surface area (Å²) >= 11 is 7.45. The number of para-hydroxylation sites is 1. The number of aromatic nitrogens is 2. The number of thioether (sulfide) groups is 1. The summed E-state index contributed by atoms with van der Waals surface area (Å²) in [5.74, 6) is 1.75. The van der Waals surface area contributed by atoms with Crippen LogP contribution < -0.4 is 10.1 Å². The number of halogens is 1. The molecule has 7 heteroatoms. The van der Waals surface area contributed by atoms with E-state index in [0.717, 1.165) is 28.5 Å². The molecule has 1 amide bonds. The first kappa shape index (κ1) is 20.3. The van der Waals surface area contributed by atoms with Gasteiger partial charge in [-0.2, -0.15) is 5.10 Å². The van der Waals surface area contributed by atoms with Gasteiger partial charge in [0.15, 0.2) is 0 Å². The monoisotopic (exact) mass is 415 g/mol. The predicted molar refractivity (Wildman–Crippen MR) is 116 cm³/mol. The van der Waals surface area contributed by atoms with Crippen molar-refractivity contribution in [2.24, 2.45) is 0 Å². The Bertz CT molecular complexity index is 944. The van der Waals surface area contributed by atoms with Gasteiger partial charge in [0.25, 0.3) is 0 Å². The molecular weight excluding hydrogens is 394 g/mol. The maximum Gasteiger partial charge on any atom is 0.234 e. The van der Waals surface area contributed by atoms with Gasteiger partial charge in [-0.05, 0) is 44.2 Å². The van der Waals surface area contributed by atoms with Gasteiger partial charge in [-0.3, -0.25) is 4.79 Å². The lowest BCUT2D eigenvalue weighted by atomic mass is 10.3. The number of amides is 1. The highest BCUT2D eigenvalue weighted by molar-refractivity contribution is 7.99. The van der Waals surface area contributed by atoms with Gasteiger partial charge in [0.2, 0.25) is 5.91 Å². The highest BCUT2D eigenvalue weighted by Crippen LogP contribution is 2.23. The van der Waals surface area contributed by atoms with Gasteiger partial charge in [-0.25, -0.2) is 4.68 Å². The van der Waals surface area contributed by atoms with Crippen molar-refractivity contribution < 1.29 is 9.53 Å². The molecular formula is C21H22ClN3O2S. The third-order valence-corrected chi connectivity index (χ3v) is 5.24. The maximum atomic E-state index is 12.3. The van der Waals surface area contributed by atoms with Crippen molar-refractivity contribution in [2.45, 2.75) is 13.8 Å². The Labute approximate surface area is 174 Å². The number of rotatable bonds is 8. The quantitative estimate of drug-likeness (QED) is 0.532. The van der Waals surface area contributed by atoms with Crippen molar-refractivity contribution in [3.8, 4) is 11.4 Å². The summed E-state index contributed by atoms with van der Waals surface area (Å²) in [6, 6.07) is 17.1. The molecule has 0 aliphatic rings. The molecule has 0 fully saturated rings. The molecule has 0 atom stereocenters. The zero-order chi connectivity index (χ0) is 19.9. The van der Waals surface area contributed by atoms with Crippen LogP contribution in [0.3, 0.4) is 0 Å². The smallest absolute Gasteiger partial charge is 0.234 e. The van der Waals surface area contributed by atoms with E-state index in [1.165, 1.54) is 11.8 Å². The average molecular weight is 416 g/mol. The van der Waals surface area contributed by atoms with Gasteiger partial charge in [0.05, 0.1) is 35.1 Å². The van der Waals surface area contributed by atoms with E-state index in [2.05, 4.69) is 10.4 Å². The van der Waals surface area contributed by atoms with E-state index in [9.17, 15) is 4.79 Å². The van der Waals surface area contributed by atoms with Gasteiger partial charge < -0.3 is 10.1 Å². The Morgan fingerprint density at radius 3 is 2.71 bits per heavy atom. The fourth-order valence-electron chi connectivity index (χ4n) is 2.76. The van der Waals surface area contributed by atoms with Gasteiger partial charge in [-0.15, -0.1) is 11.8 Å². The van der Waals surface area contributed by atoms with Gasteiger partial charge in [0.1, 0.15) is 5.75 Å². The van der Waals surface area contributed by atoms with Crippen LogP contribution in [0.4, 0.5) is 5.69 Å². The number of hydrogen-bond donors (Lipinski definition) is 1. The molecule has 0 saturated carbocycles. The largest absolute Gasteiger partial charge is 0.493 e. The molecule has 0 aliphatic carbocycles. The third-order valence-electron chi connectivity index (χ3n) is 4.08. The molecule has 0 unspecified atom stereocenters. The van der Waals surface area contributed by atoms with Crippen LogP contribution in [0, 0.1) is 13.8 Å². The molecule has 3 aromatic rings. The first-order valence-corrected chi connectivity index (χ1v) is 10.5. The topological polar surface area (TPSA) is 56.2 Å². The molecule has 28 heavy (non-hydrogen) atoms. The molecule has 2 aromatic carbocycles. The van der Waals surface area contributed by atoms with Crippen LogP contribution in [0.5, 0.6) is 5.75 Å². The summed E-state index contributed by atoms with van der Waals surface area (Å²) in [6.07, 6.45) is 0. The van der Waals surface area contributed by atoms with Crippen molar-refractivity contribution in [1.82, 2.24) is 9.78 Å². The molecule has 146 valence electrons. The van der Waals surface area contributed by atoms with Crippen LogP contribution in [-0.2, 0) is 4.79 Å². The predicted octanol–water partition coefficient (Wildman–Crippen LogP) is 4.89. The molecule has 3 rings (SSSR count). The van der Waals surface area contributed by atoms with E-state index < -0.39 is 0 Å². The van der Waals surface area contributed by atoms with Gasteiger partial charge in [0, 0.05) is 10.8 Å². The number of aryl methyl sites for hydroxylation is 1. The highest BCUT2D eigenvalue weighted by Gasteiger charge is 2.15. The van der Waals surface area contributed by atoms with Crippen LogP contribution in [-0.4, -0.2) is 33.8 Å². The number of benzene rings is 2. The summed E-state index contributed by atoms with van der Waals surface area (Å²) in [5, 5.41) is 8.18. The number of anilines is 1. The third kappa shape index (κ3) is 5.30. The zero-order valence-corrected chi connectivity index (χ0v) is 17.4. The van der Waals surface area contributed by atoms with Crippen LogP contribution in [0.25, 0.3) is 5.69 Å². The van der Waals surface area contributed by atoms with Crippen LogP contribution in [0.15, 0.2) is 54.6 Å². The Kier molecular flexibility index (Phi) is 7.01. The fraction of sp³-hybridized carbons (Fsp3) is 0.238. The summed E-state index contributed by atoms with van der Waals surface area (Å²) in [7, 11) is 0. The lowest BCUT2D eigenvalue weighted by Crippen LogP contribution is -2.16. The second-order valence-electron chi connectivity index (χ2n) is 6.20. The number of carbonyl (C=O) groups is 1. The lowest BCUT2D eigenvalue weighted by Gasteiger charge is -2.08. The van der Waals surface area contributed by atoms with Crippen molar-refractivity contribution >= 4 is 35.0 Å². The molecule has 1 heterocycles. The van der Waals surface area contributed by atoms with Gasteiger partial charge in [-0.1, -0.05) is 35.9 Å². The zero-order valence-electron chi connectivity index (χ0n) is 15.8. The minimum Gasteiger partial charge on any atom is -0.493 e. The molecule has 0 aliphatic heterocycles. The number of hydrogen-bond acceptors (Lipinski definition) is 4. The summed E-state index contributed by atoms with van der Waals surface area (Å²) in [4.78, 5) is 12.3. The molecule has 0 radical (unpaired) electrons. The summed E-state index contributed by atoms with van der Waals surface area (Å²) in [6.45, 7) is 4.37. The van der Waals surface area contributed by atoms with Crippen molar-refractivity contribution in [3.05, 3.63) is 71.0 Å². The Balaban J connectivity index is 1.48. The molecule has 1 N–H and O–H groups in total. The Hall–Kier alpha value is -2.44. The first-order chi connectivity index (χ1) is 13.5. The number of nitrogens with one attached hydrogen (secondary N) is 1. The Morgan fingerprint density at radius 1 is 1.18 bits per heavy atom. The lowest BCUT2D eigenvalue weighted by molar-refractivity contribution is -0.113. The maximum absolute atomic E-state index is 12.3. The van der Waals surface area contributed by atoms with Crippen LogP contribution >= 0.6 is 23.4 Å². The normalized spacial score (nSPS) is 10.7. The van der Waals surface area contributed by atoms with Crippen LogP contribution in [0.1, 0.15) is 11.4 Å². The standard InChI is InChI=1S/C21H22ClN3O2S/c1-15-21(16(2)25(24-15)18-8-4-3-5-9-18)23-20(26)14-28-12-11-27-19-10-6-7-17(22)13-19/h3-10,13H,11-12,14H2,1-2H3,(H,23,26). The average Bonchev–Trinajstić information content (AvgIpc) is 2.97. The number of nitrogens with zero attached hydrogens (tertiary/aromatic N) is 2. The number of carbonyl (C=O) groups excluding carboxylic acids is 1. The highest BCUT2D eigenvalue weighted by atomic mass is 35.5. The van der Waals surface area contributed by atoms with E-state index in [1.54, 1.807) is 12.1 Å². The summed E-state index contributed by atoms with van der Waals surface area (Å²) in [5.41, 5.74) is 3.44. The summed E-state index contributed by atoms with van der Waals surface area (Å²) < 4.78 is 7.47. The van der Waals surface area contributed by atoms with Crippen molar-refractivity contribution in [2.75, 3.05) is 23.4 Å². The fourth-order valence-corrected chi connectivity index (χ4v) is 3.54. The molecule has 1 aromatic heterocycles. The van der Waals surface area contributed by atoms with E-state index >= 15 is 0 Å². The van der Waals surface area contributed by atoms with E-state index in [-0.39, 0.29) is 5.91 Å². The first-order valence-electron chi connectivity index (χ1n) is 8.92.